The predicted octanol–water partition coefficient (Wildman–Crippen LogP) is 0.408. The van der Waals surface area contributed by atoms with E-state index < -0.39 is 0 Å². The lowest BCUT2D eigenvalue weighted by atomic mass is 10.2. The molecule has 3 N–H and O–H groups in total. The van der Waals surface area contributed by atoms with Gasteiger partial charge < -0.3 is 10.6 Å². The molecule has 0 radical (unpaired) electrons. The summed E-state index contributed by atoms with van der Waals surface area (Å²) in [5, 5.41) is 4.17. The SMILES string of the molecule is C/C(=N/NC(N)=S)c1cnc(N(C)C)nc1C. The van der Waals surface area contributed by atoms with Gasteiger partial charge in [0.25, 0.3) is 0 Å². The van der Waals surface area contributed by atoms with Crippen LogP contribution in [0.5, 0.6) is 0 Å². The average molecular weight is 252 g/mol. The number of hydrazone groups is 1. The van der Waals surface area contributed by atoms with E-state index in [9.17, 15) is 0 Å². The van der Waals surface area contributed by atoms with Gasteiger partial charge in [-0.1, -0.05) is 0 Å². The highest BCUT2D eigenvalue weighted by Crippen LogP contribution is 2.09. The second-order valence-corrected chi connectivity index (χ2v) is 4.18. The second kappa shape index (κ2) is 5.53. The Morgan fingerprint density at radius 2 is 2.18 bits per heavy atom. The molecule has 0 aliphatic heterocycles. The molecule has 1 aromatic heterocycles. The largest absolute Gasteiger partial charge is 0.375 e. The summed E-state index contributed by atoms with van der Waals surface area (Å²) in [5.41, 5.74) is 10.3. The van der Waals surface area contributed by atoms with Gasteiger partial charge in [-0.3, -0.25) is 5.43 Å². The molecule has 0 fully saturated rings. The van der Waals surface area contributed by atoms with Gasteiger partial charge in [0.05, 0.1) is 11.4 Å². The summed E-state index contributed by atoms with van der Waals surface area (Å²) in [5.74, 6) is 0.668. The Morgan fingerprint density at radius 3 is 2.65 bits per heavy atom. The van der Waals surface area contributed by atoms with Crippen LogP contribution in [-0.4, -0.2) is 34.9 Å². The van der Waals surface area contributed by atoms with Crippen molar-refractivity contribution in [2.45, 2.75) is 13.8 Å². The third kappa shape index (κ3) is 3.63. The minimum atomic E-state index is 0.132. The van der Waals surface area contributed by atoms with Crippen molar-refractivity contribution >= 4 is 29.0 Å². The Morgan fingerprint density at radius 1 is 1.53 bits per heavy atom. The van der Waals surface area contributed by atoms with Crippen molar-refractivity contribution in [3.05, 3.63) is 17.5 Å². The normalized spacial score (nSPS) is 11.2. The van der Waals surface area contributed by atoms with Crippen LogP contribution in [0.2, 0.25) is 0 Å². The number of hydrogen-bond acceptors (Lipinski definition) is 5. The molecule has 17 heavy (non-hydrogen) atoms. The van der Waals surface area contributed by atoms with Crippen LogP contribution in [0.1, 0.15) is 18.2 Å². The number of rotatable bonds is 3. The van der Waals surface area contributed by atoms with E-state index in [4.69, 9.17) is 5.73 Å². The highest BCUT2D eigenvalue weighted by Gasteiger charge is 2.07. The minimum absolute atomic E-state index is 0.132. The molecule has 0 saturated heterocycles. The lowest BCUT2D eigenvalue weighted by molar-refractivity contribution is 0.968. The maximum Gasteiger partial charge on any atom is 0.225 e. The summed E-state index contributed by atoms with van der Waals surface area (Å²) >= 11 is 4.67. The zero-order valence-electron chi connectivity index (χ0n) is 10.4. The van der Waals surface area contributed by atoms with E-state index in [1.54, 1.807) is 6.20 Å². The first-order valence-electron chi connectivity index (χ1n) is 5.03. The maximum atomic E-state index is 5.30. The molecule has 0 aliphatic carbocycles. The summed E-state index contributed by atoms with van der Waals surface area (Å²) in [6.45, 7) is 3.75. The summed E-state index contributed by atoms with van der Waals surface area (Å²) in [4.78, 5) is 10.4. The minimum Gasteiger partial charge on any atom is -0.375 e. The number of aryl methyl sites for hydroxylation is 1. The summed E-state index contributed by atoms with van der Waals surface area (Å²) in [7, 11) is 3.79. The van der Waals surface area contributed by atoms with Crippen LogP contribution < -0.4 is 16.1 Å². The molecule has 0 saturated carbocycles. The van der Waals surface area contributed by atoms with Crippen molar-refractivity contribution in [2.75, 3.05) is 19.0 Å². The van der Waals surface area contributed by atoms with Gasteiger partial charge in [0.2, 0.25) is 5.95 Å². The van der Waals surface area contributed by atoms with Crippen LogP contribution >= 0.6 is 12.2 Å². The Kier molecular flexibility index (Phi) is 4.33. The van der Waals surface area contributed by atoms with E-state index in [-0.39, 0.29) is 5.11 Å². The van der Waals surface area contributed by atoms with Crippen LogP contribution in [-0.2, 0) is 0 Å². The van der Waals surface area contributed by atoms with Gasteiger partial charge in [-0.25, -0.2) is 9.97 Å². The first-order chi connectivity index (χ1) is 7.91. The highest BCUT2D eigenvalue weighted by atomic mass is 32.1. The summed E-state index contributed by atoms with van der Waals surface area (Å²) in [6.07, 6.45) is 1.73. The number of hydrogen-bond donors (Lipinski definition) is 2. The summed E-state index contributed by atoms with van der Waals surface area (Å²) in [6, 6.07) is 0. The topological polar surface area (TPSA) is 79.4 Å². The van der Waals surface area contributed by atoms with E-state index in [1.807, 2.05) is 32.8 Å². The van der Waals surface area contributed by atoms with Crippen molar-refractivity contribution in [3.8, 4) is 0 Å². The van der Waals surface area contributed by atoms with Gasteiger partial charge in [-0.2, -0.15) is 5.10 Å². The zero-order chi connectivity index (χ0) is 13.0. The van der Waals surface area contributed by atoms with Crippen molar-refractivity contribution in [1.82, 2.24) is 15.4 Å². The van der Waals surface area contributed by atoms with Crippen LogP contribution in [0, 0.1) is 6.92 Å². The molecule has 0 spiro atoms. The Bertz CT molecular complexity index is 454. The first-order valence-corrected chi connectivity index (χ1v) is 5.43. The van der Waals surface area contributed by atoms with Crippen molar-refractivity contribution in [1.29, 1.82) is 0 Å². The van der Waals surface area contributed by atoms with Gasteiger partial charge in [-0.05, 0) is 26.1 Å². The van der Waals surface area contributed by atoms with Gasteiger partial charge in [-0.15, -0.1) is 0 Å². The number of aromatic nitrogens is 2. The lowest BCUT2D eigenvalue weighted by Crippen LogP contribution is -2.25. The van der Waals surface area contributed by atoms with Gasteiger partial charge in [0, 0.05) is 25.9 Å². The number of thiocarbonyl (C=S) groups is 1. The predicted molar refractivity (Wildman–Crippen MR) is 73.2 cm³/mol. The van der Waals surface area contributed by atoms with Gasteiger partial charge >= 0.3 is 0 Å². The Hall–Kier alpha value is -1.76. The number of nitrogens with two attached hydrogens (primary N) is 1. The molecule has 0 unspecified atom stereocenters. The van der Waals surface area contributed by atoms with Crippen molar-refractivity contribution < 1.29 is 0 Å². The van der Waals surface area contributed by atoms with Crippen LogP contribution in [0.25, 0.3) is 0 Å². The average Bonchev–Trinajstić information content (AvgIpc) is 2.25. The van der Waals surface area contributed by atoms with Crippen LogP contribution in [0.4, 0.5) is 5.95 Å². The number of anilines is 1. The molecular weight excluding hydrogens is 236 g/mol. The Labute approximate surface area is 106 Å². The molecule has 0 aromatic carbocycles. The molecule has 1 heterocycles. The van der Waals surface area contributed by atoms with Crippen LogP contribution in [0.3, 0.4) is 0 Å². The molecule has 0 amide bonds. The zero-order valence-corrected chi connectivity index (χ0v) is 11.2. The fraction of sp³-hybridized carbons (Fsp3) is 0.400. The Balaban J connectivity index is 2.99. The van der Waals surface area contributed by atoms with Crippen LogP contribution in [0.15, 0.2) is 11.3 Å². The second-order valence-electron chi connectivity index (χ2n) is 3.74. The highest BCUT2D eigenvalue weighted by molar-refractivity contribution is 7.80. The fourth-order valence-corrected chi connectivity index (χ4v) is 1.27. The fourth-order valence-electron chi connectivity index (χ4n) is 1.22. The third-order valence-corrected chi connectivity index (χ3v) is 2.18. The standard InChI is InChI=1S/C10H16N6S/c1-6-8(7(2)14-15-9(11)17)5-12-10(13-6)16(3)4/h5H,1-4H3,(H3,11,15,17)/b14-7-. The van der Waals surface area contributed by atoms with E-state index in [0.29, 0.717) is 5.95 Å². The monoisotopic (exact) mass is 252 g/mol. The molecule has 0 bridgehead atoms. The number of nitrogens with one attached hydrogen (secondary N) is 1. The molecule has 7 heteroatoms. The molecule has 1 aromatic rings. The molecule has 6 nitrogen and oxygen atoms in total. The quantitative estimate of drug-likeness (QED) is 0.461. The van der Waals surface area contributed by atoms with Gasteiger partial charge in [0.1, 0.15) is 0 Å². The van der Waals surface area contributed by atoms with Crippen molar-refractivity contribution in [2.24, 2.45) is 10.8 Å². The smallest absolute Gasteiger partial charge is 0.225 e. The molecule has 92 valence electrons. The molecule has 0 atom stereocenters. The number of nitrogens with zero attached hydrogens (tertiary/aromatic N) is 4. The molecule has 1 rings (SSSR count). The maximum absolute atomic E-state index is 5.30. The van der Waals surface area contributed by atoms with Gasteiger partial charge in [0.15, 0.2) is 5.11 Å². The third-order valence-electron chi connectivity index (χ3n) is 2.09. The first kappa shape index (κ1) is 13.3. The van der Waals surface area contributed by atoms with E-state index in [0.717, 1.165) is 17.0 Å². The lowest BCUT2D eigenvalue weighted by Gasteiger charge is -2.12. The van der Waals surface area contributed by atoms with E-state index in [2.05, 4.69) is 32.7 Å². The van der Waals surface area contributed by atoms with E-state index in [1.165, 1.54) is 0 Å². The molecule has 0 aliphatic rings. The van der Waals surface area contributed by atoms with E-state index >= 15 is 0 Å². The summed E-state index contributed by atoms with van der Waals surface area (Å²) < 4.78 is 0. The van der Waals surface area contributed by atoms with Crippen molar-refractivity contribution in [3.63, 3.8) is 0 Å². The molecular formula is C10H16N6S.